The summed E-state index contributed by atoms with van der Waals surface area (Å²) in [5.41, 5.74) is 9.06. The van der Waals surface area contributed by atoms with Gasteiger partial charge in [0.05, 0.1) is 29.8 Å². The molecule has 8 heteroatoms. The molecule has 1 amide bonds. The first-order valence-electron chi connectivity index (χ1n) is 13.7. The van der Waals surface area contributed by atoms with E-state index < -0.39 is 5.91 Å². The molecule has 2 heterocycles. The minimum absolute atomic E-state index is 0.165. The van der Waals surface area contributed by atoms with Gasteiger partial charge in [-0.05, 0) is 72.6 Å². The van der Waals surface area contributed by atoms with Crippen LogP contribution in [0, 0.1) is 0 Å². The van der Waals surface area contributed by atoms with Gasteiger partial charge in [-0.25, -0.2) is 10.2 Å². The SMILES string of the molecule is CCOC(=O)c1ccc(-n2c(-c3ccccc3)cc(/C=N\NC(=O)c3cc4cc(Br)ccc4o3)c2-c2ccccc2)cc1. The van der Waals surface area contributed by atoms with E-state index in [1.54, 1.807) is 37.4 Å². The van der Waals surface area contributed by atoms with Crippen molar-refractivity contribution in [2.24, 2.45) is 5.10 Å². The lowest BCUT2D eigenvalue weighted by Crippen LogP contribution is -2.16. The second-order valence-corrected chi connectivity index (χ2v) is 10.6. The van der Waals surface area contributed by atoms with Crippen LogP contribution in [-0.2, 0) is 4.74 Å². The summed E-state index contributed by atoms with van der Waals surface area (Å²) in [5.74, 6) is -0.659. The van der Waals surface area contributed by atoms with Gasteiger partial charge < -0.3 is 13.7 Å². The van der Waals surface area contributed by atoms with Crippen molar-refractivity contribution in [2.75, 3.05) is 6.61 Å². The largest absolute Gasteiger partial charge is 0.462 e. The van der Waals surface area contributed by atoms with Gasteiger partial charge in [-0.1, -0.05) is 76.6 Å². The lowest BCUT2D eigenvalue weighted by atomic mass is 10.1. The molecule has 0 unspecified atom stereocenters. The highest BCUT2D eigenvalue weighted by Gasteiger charge is 2.20. The van der Waals surface area contributed by atoms with Crippen molar-refractivity contribution in [1.82, 2.24) is 9.99 Å². The van der Waals surface area contributed by atoms with Crippen LogP contribution in [0.5, 0.6) is 0 Å². The monoisotopic (exact) mass is 631 g/mol. The lowest BCUT2D eigenvalue weighted by molar-refractivity contribution is 0.0526. The summed E-state index contributed by atoms with van der Waals surface area (Å²) in [6.07, 6.45) is 1.63. The average Bonchev–Trinajstić information content (AvgIpc) is 3.64. The number of nitrogens with one attached hydrogen (secondary N) is 1. The van der Waals surface area contributed by atoms with Crippen molar-refractivity contribution >= 4 is 45.0 Å². The van der Waals surface area contributed by atoms with E-state index in [9.17, 15) is 9.59 Å². The number of furan rings is 1. The Morgan fingerprint density at radius 2 is 1.58 bits per heavy atom. The van der Waals surface area contributed by atoms with Crippen LogP contribution in [0.25, 0.3) is 39.2 Å². The average molecular weight is 633 g/mol. The van der Waals surface area contributed by atoms with E-state index in [4.69, 9.17) is 9.15 Å². The topological polar surface area (TPSA) is 85.8 Å². The van der Waals surface area contributed by atoms with Gasteiger partial charge in [0.2, 0.25) is 0 Å². The highest BCUT2D eigenvalue weighted by molar-refractivity contribution is 9.10. The molecule has 0 saturated carbocycles. The Morgan fingerprint density at radius 3 is 2.28 bits per heavy atom. The van der Waals surface area contributed by atoms with Crippen molar-refractivity contribution in [3.63, 3.8) is 0 Å². The van der Waals surface area contributed by atoms with Gasteiger partial charge in [0.15, 0.2) is 5.76 Å². The lowest BCUT2D eigenvalue weighted by Gasteiger charge is -2.15. The molecule has 0 spiro atoms. The number of rotatable bonds is 8. The van der Waals surface area contributed by atoms with Crippen LogP contribution in [0.15, 0.2) is 129 Å². The van der Waals surface area contributed by atoms with E-state index in [-0.39, 0.29) is 11.7 Å². The number of ether oxygens (including phenoxy) is 1. The second kappa shape index (κ2) is 12.3. The molecule has 212 valence electrons. The fourth-order valence-electron chi connectivity index (χ4n) is 4.91. The Bertz CT molecular complexity index is 1940. The zero-order valence-electron chi connectivity index (χ0n) is 23.2. The molecule has 0 aliphatic heterocycles. The number of halogens is 1. The van der Waals surface area contributed by atoms with Crippen molar-refractivity contribution in [2.45, 2.75) is 6.92 Å². The van der Waals surface area contributed by atoms with Gasteiger partial charge in [-0.3, -0.25) is 4.79 Å². The molecule has 0 bridgehead atoms. The van der Waals surface area contributed by atoms with Gasteiger partial charge in [-0.15, -0.1) is 0 Å². The summed E-state index contributed by atoms with van der Waals surface area (Å²) < 4.78 is 13.9. The Hall–Kier alpha value is -5.21. The quantitative estimate of drug-likeness (QED) is 0.104. The molecule has 0 saturated heterocycles. The summed E-state index contributed by atoms with van der Waals surface area (Å²) in [5, 5.41) is 5.14. The van der Waals surface area contributed by atoms with Gasteiger partial charge in [0.25, 0.3) is 0 Å². The molecule has 6 aromatic rings. The second-order valence-electron chi connectivity index (χ2n) is 9.66. The van der Waals surface area contributed by atoms with E-state index >= 15 is 0 Å². The number of aromatic nitrogens is 1. The van der Waals surface area contributed by atoms with Crippen LogP contribution in [0.4, 0.5) is 0 Å². The number of nitrogens with zero attached hydrogens (tertiary/aromatic N) is 2. The first-order chi connectivity index (χ1) is 21.0. The first kappa shape index (κ1) is 27.9. The molecule has 1 N–H and O–H groups in total. The number of amides is 1. The molecule has 7 nitrogen and oxygen atoms in total. The molecular weight excluding hydrogens is 606 g/mol. The molecule has 0 aliphatic rings. The van der Waals surface area contributed by atoms with E-state index in [1.165, 1.54) is 0 Å². The highest BCUT2D eigenvalue weighted by Crippen LogP contribution is 2.35. The number of benzene rings is 4. The highest BCUT2D eigenvalue weighted by atomic mass is 79.9. The number of hydrogen-bond acceptors (Lipinski definition) is 5. The van der Waals surface area contributed by atoms with E-state index in [0.29, 0.717) is 17.8 Å². The van der Waals surface area contributed by atoms with Gasteiger partial charge in [0, 0.05) is 21.1 Å². The third kappa shape index (κ3) is 5.91. The van der Waals surface area contributed by atoms with Gasteiger partial charge >= 0.3 is 11.9 Å². The molecule has 0 aliphatic carbocycles. The van der Waals surface area contributed by atoms with Crippen molar-refractivity contribution in [3.05, 3.63) is 137 Å². The van der Waals surface area contributed by atoms with Crippen molar-refractivity contribution in [3.8, 4) is 28.2 Å². The smallest absolute Gasteiger partial charge is 0.338 e. The number of hydrazone groups is 1. The Balaban J connectivity index is 1.42. The maximum Gasteiger partial charge on any atom is 0.338 e. The molecule has 0 radical (unpaired) electrons. The van der Waals surface area contributed by atoms with E-state index in [2.05, 4.69) is 31.0 Å². The molecule has 43 heavy (non-hydrogen) atoms. The summed E-state index contributed by atoms with van der Waals surface area (Å²) >= 11 is 3.44. The minimum atomic E-state index is -0.456. The molecule has 2 aromatic heterocycles. The molecule has 0 fully saturated rings. The number of carbonyl (C=O) groups is 2. The zero-order valence-corrected chi connectivity index (χ0v) is 24.7. The first-order valence-corrected chi connectivity index (χ1v) is 14.5. The standard InChI is InChI=1S/C35H26BrN3O4/c1-2-42-35(41)25-13-16-29(17-14-25)39-30(23-9-5-3-6-10-23)20-27(33(39)24-11-7-4-8-12-24)22-37-38-34(40)32-21-26-19-28(36)15-18-31(26)43-32/h3-22H,2H2,1H3,(H,38,40)/b37-22-. The Kier molecular flexibility index (Phi) is 8.02. The van der Waals surface area contributed by atoms with Gasteiger partial charge in [0.1, 0.15) is 5.58 Å². The molecular formula is C35H26BrN3O4. The third-order valence-corrected chi connectivity index (χ3v) is 7.35. The van der Waals surface area contributed by atoms with Crippen LogP contribution < -0.4 is 5.43 Å². The fraction of sp³-hybridized carbons (Fsp3) is 0.0571. The van der Waals surface area contributed by atoms with Crippen LogP contribution in [-0.4, -0.2) is 29.3 Å². The molecule has 4 aromatic carbocycles. The summed E-state index contributed by atoms with van der Waals surface area (Å²) in [6.45, 7) is 2.09. The van der Waals surface area contributed by atoms with Crippen molar-refractivity contribution in [1.29, 1.82) is 0 Å². The Morgan fingerprint density at radius 1 is 0.884 bits per heavy atom. The normalized spacial score (nSPS) is 11.2. The number of hydrogen-bond donors (Lipinski definition) is 1. The predicted octanol–water partition coefficient (Wildman–Crippen LogP) is 8.26. The maximum atomic E-state index is 12.9. The fourth-order valence-corrected chi connectivity index (χ4v) is 5.29. The van der Waals surface area contributed by atoms with E-state index in [0.717, 1.165) is 43.6 Å². The van der Waals surface area contributed by atoms with Crippen LogP contribution in [0.3, 0.4) is 0 Å². The van der Waals surface area contributed by atoms with Crippen LogP contribution >= 0.6 is 15.9 Å². The number of esters is 1. The Labute approximate surface area is 256 Å². The van der Waals surface area contributed by atoms with Crippen LogP contribution in [0.1, 0.15) is 33.4 Å². The third-order valence-electron chi connectivity index (χ3n) is 6.86. The zero-order chi connectivity index (χ0) is 29.8. The number of fused-ring (bicyclic) bond motifs is 1. The van der Waals surface area contributed by atoms with Crippen LogP contribution in [0.2, 0.25) is 0 Å². The number of carbonyl (C=O) groups excluding carboxylic acids is 2. The predicted molar refractivity (Wildman–Crippen MR) is 172 cm³/mol. The summed E-state index contributed by atoms with van der Waals surface area (Å²) in [6, 6.07) is 36.6. The molecule has 0 atom stereocenters. The summed E-state index contributed by atoms with van der Waals surface area (Å²) in [4.78, 5) is 25.2. The minimum Gasteiger partial charge on any atom is -0.462 e. The van der Waals surface area contributed by atoms with Crippen molar-refractivity contribution < 1.29 is 18.7 Å². The summed E-state index contributed by atoms with van der Waals surface area (Å²) in [7, 11) is 0. The maximum absolute atomic E-state index is 12.9. The van der Waals surface area contributed by atoms with Gasteiger partial charge in [-0.2, -0.15) is 5.10 Å². The van der Waals surface area contributed by atoms with E-state index in [1.807, 2.05) is 91.0 Å². The molecule has 6 rings (SSSR count).